The average molecular weight is 259 g/mol. The minimum atomic E-state index is -0.626. The molecule has 17 heavy (non-hydrogen) atoms. The van der Waals surface area contributed by atoms with Crippen LogP contribution in [0.15, 0.2) is 18.2 Å². The smallest absolute Gasteiger partial charge is 0.142 e. The Morgan fingerprint density at radius 2 is 2.29 bits per heavy atom. The van der Waals surface area contributed by atoms with Gasteiger partial charge in [-0.1, -0.05) is 23.7 Å². The van der Waals surface area contributed by atoms with Crippen LogP contribution < -0.4 is 0 Å². The van der Waals surface area contributed by atoms with Crippen molar-refractivity contribution in [3.05, 3.63) is 34.6 Å². The number of hydrogen-bond donors (Lipinski definition) is 1. The molecule has 0 spiro atoms. The number of benzene rings is 1. The van der Waals surface area contributed by atoms with Crippen LogP contribution in [0.2, 0.25) is 5.02 Å². The third kappa shape index (κ3) is 2.97. The van der Waals surface area contributed by atoms with Crippen molar-refractivity contribution in [2.45, 2.75) is 44.5 Å². The molecule has 3 unspecified atom stereocenters. The summed E-state index contributed by atoms with van der Waals surface area (Å²) in [5, 5.41) is 10.1. The van der Waals surface area contributed by atoms with Crippen LogP contribution in [-0.2, 0) is 11.2 Å². The molecule has 3 atom stereocenters. The summed E-state index contributed by atoms with van der Waals surface area (Å²) in [5.74, 6) is -0.447. The average Bonchev–Trinajstić information content (AvgIpc) is 2.72. The van der Waals surface area contributed by atoms with Gasteiger partial charge in [0, 0.05) is 6.42 Å². The van der Waals surface area contributed by atoms with Crippen LogP contribution in [0, 0.1) is 5.82 Å². The summed E-state index contributed by atoms with van der Waals surface area (Å²) in [4.78, 5) is 0. The second-order valence-electron chi connectivity index (χ2n) is 4.55. The lowest BCUT2D eigenvalue weighted by atomic mass is 10.0. The van der Waals surface area contributed by atoms with E-state index in [1.54, 1.807) is 12.1 Å². The molecule has 1 aliphatic heterocycles. The van der Waals surface area contributed by atoms with Gasteiger partial charge >= 0.3 is 0 Å². The molecule has 1 heterocycles. The van der Waals surface area contributed by atoms with Gasteiger partial charge in [-0.3, -0.25) is 0 Å². The molecule has 1 aromatic rings. The molecule has 1 fully saturated rings. The fraction of sp³-hybridized carbons (Fsp3) is 0.538. The molecule has 1 aliphatic rings. The van der Waals surface area contributed by atoms with E-state index in [9.17, 15) is 9.50 Å². The summed E-state index contributed by atoms with van der Waals surface area (Å²) in [7, 11) is 0. The quantitative estimate of drug-likeness (QED) is 0.903. The normalized spacial score (nSPS) is 26.1. The first-order valence-electron chi connectivity index (χ1n) is 5.84. The maximum Gasteiger partial charge on any atom is 0.142 e. The molecule has 2 nitrogen and oxygen atoms in total. The van der Waals surface area contributed by atoms with Crippen LogP contribution in [0.3, 0.4) is 0 Å². The highest BCUT2D eigenvalue weighted by Gasteiger charge is 2.28. The predicted octanol–water partition coefficient (Wildman–Crippen LogP) is 2.95. The summed E-state index contributed by atoms with van der Waals surface area (Å²) < 4.78 is 18.8. The molecule has 1 aromatic carbocycles. The Bertz CT molecular complexity index is 397. The number of aliphatic hydroxyl groups is 1. The van der Waals surface area contributed by atoms with E-state index in [1.807, 2.05) is 6.92 Å². The minimum absolute atomic E-state index is 0.0950. The van der Waals surface area contributed by atoms with E-state index in [0.29, 0.717) is 12.0 Å². The van der Waals surface area contributed by atoms with Crippen LogP contribution in [0.25, 0.3) is 0 Å². The molecular formula is C13H16ClFO2. The molecule has 94 valence electrons. The summed E-state index contributed by atoms with van der Waals surface area (Å²) in [6.07, 6.45) is 1.53. The molecule has 0 bridgehead atoms. The van der Waals surface area contributed by atoms with Crippen LogP contribution in [-0.4, -0.2) is 23.4 Å². The largest absolute Gasteiger partial charge is 0.390 e. The van der Waals surface area contributed by atoms with Gasteiger partial charge in [0.1, 0.15) is 5.82 Å². The van der Waals surface area contributed by atoms with Gasteiger partial charge in [0.25, 0.3) is 0 Å². The van der Waals surface area contributed by atoms with Gasteiger partial charge in [0.2, 0.25) is 0 Å². The molecule has 0 amide bonds. The van der Waals surface area contributed by atoms with Crippen molar-refractivity contribution in [3.8, 4) is 0 Å². The van der Waals surface area contributed by atoms with Crippen molar-refractivity contribution >= 4 is 11.6 Å². The summed E-state index contributed by atoms with van der Waals surface area (Å²) in [5.41, 5.74) is 0.627. The van der Waals surface area contributed by atoms with Crippen molar-refractivity contribution in [3.63, 3.8) is 0 Å². The molecule has 1 N–H and O–H groups in total. The van der Waals surface area contributed by atoms with Gasteiger partial charge in [-0.05, 0) is 31.4 Å². The Morgan fingerprint density at radius 3 is 2.94 bits per heavy atom. The Kier molecular flexibility index (Phi) is 4.02. The zero-order chi connectivity index (χ0) is 12.4. The fourth-order valence-corrected chi connectivity index (χ4v) is 2.38. The van der Waals surface area contributed by atoms with Gasteiger partial charge in [0.15, 0.2) is 0 Å². The predicted molar refractivity (Wildman–Crippen MR) is 64.7 cm³/mol. The third-order valence-corrected chi connectivity index (χ3v) is 3.58. The highest BCUT2D eigenvalue weighted by Crippen LogP contribution is 2.26. The number of hydrogen-bond acceptors (Lipinski definition) is 2. The Hall–Kier alpha value is -0.640. The maximum absolute atomic E-state index is 13.2. The van der Waals surface area contributed by atoms with Gasteiger partial charge in [0.05, 0.1) is 23.3 Å². The molecule has 0 saturated carbocycles. The van der Waals surface area contributed by atoms with Gasteiger partial charge in [-0.25, -0.2) is 4.39 Å². The number of halogens is 2. The van der Waals surface area contributed by atoms with Crippen molar-refractivity contribution in [1.29, 1.82) is 0 Å². The van der Waals surface area contributed by atoms with E-state index in [-0.39, 0.29) is 17.2 Å². The lowest BCUT2D eigenvalue weighted by Gasteiger charge is -2.19. The number of ether oxygens (including phenoxy) is 1. The summed E-state index contributed by atoms with van der Waals surface area (Å²) >= 11 is 5.85. The highest BCUT2D eigenvalue weighted by molar-refractivity contribution is 6.31. The van der Waals surface area contributed by atoms with Crippen molar-refractivity contribution < 1.29 is 14.2 Å². The lowest BCUT2D eigenvalue weighted by molar-refractivity contribution is -0.0278. The first kappa shape index (κ1) is 12.8. The van der Waals surface area contributed by atoms with E-state index in [4.69, 9.17) is 16.3 Å². The van der Waals surface area contributed by atoms with Crippen LogP contribution in [0.4, 0.5) is 4.39 Å². The van der Waals surface area contributed by atoms with Crippen LogP contribution in [0.1, 0.15) is 25.3 Å². The zero-order valence-corrected chi connectivity index (χ0v) is 10.5. The fourth-order valence-electron chi connectivity index (χ4n) is 2.18. The van der Waals surface area contributed by atoms with Crippen molar-refractivity contribution in [2.75, 3.05) is 0 Å². The van der Waals surface area contributed by atoms with Crippen molar-refractivity contribution in [1.82, 2.24) is 0 Å². The molecule has 2 rings (SSSR count). The van der Waals surface area contributed by atoms with E-state index >= 15 is 0 Å². The van der Waals surface area contributed by atoms with Gasteiger partial charge in [-0.15, -0.1) is 0 Å². The third-order valence-electron chi connectivity index (χ3n) is 3.15. The van der Waals surface area contributed by atoms with Gasteiger partial charge < -0.3 is 9.84 Å². The Labute approximate surface area is 105 Å². The lowest BCUT2D eigenvalue weighted by Crippen LogP contribution is -2.28. The topological polar surface area (TPSA) is 29.5 Å². The monoisotopic (exact) mass is 258 g/mol. The minimum Gasteiger partial charge on any atom is -0.390 e. The van der Waals surface area contributed by atoms with E-state index < -0.39 is 11.9 Å². The second kappa shape index (κ2) is 5.34. The first-order valence-corrected chi connectivity index (χ1v) is 6.22. The van der Waals surface area contributed by atoms with Crippen LogP contribution in [0.5, 0.6) is 0 Å². The number of aliphatic hydroxyl groups excluding tert-OH is 1. The highest BCUT2D eigenvalue weighted by atomic mass is 35.5. The van der Waals surface area contributed by atoms with Gasteiger partial charge in [-0.2, -0.15) is 0 Å². The molecule has 1 saturated heterocycles. The standard InChI is InChI=1S/C13H16ClFO2/c1-8-5-6-12(17-8)11(16)7-9-3-2-4-10(15)13(9)14/h2-4,8,11-12,16H,5-7H2,1H3. The van der Waals surface area contributed by atoms with Crippen molar-refractivity contribution in [2.24, 2.45) is 0 Å². The molecule has 0 radical (unpaired) electrons. The van der Waals surface area contributed by atoms with E-state index in [0.717, 1.165) is 12.8 Å². The van der Waals surface area contributed by atoms with E-state index in [2.05, 4.69) is 0 Å². The Balaban J connectivity index is 2.03. The maximum atomic E-state index is 13.2. The molecule has 0 aliphatic carbocycles. The van der Waals surface area contributed by atoms with E-state index in [1.165, 1.54) is 6.07 Å². The number of rotatable bonds is 3. The second-order valence-corrected chi connectivity index (χ2v) is 4.92. The summed E-state index contributed by atoms with van der Waals surface area (Å²) in [6.45, 7) is 1.99. The zero-order valence-electron chi connectivity index (χ0n) is 9.70. The summed E-state index contributed by atoms with van der Waals surface area (Å²) in [6, 6.07) is 4.64. The first-order chi connectivity index (χ1) is 8.08. The Morgan fingerprint density at radius 1 is 1.53 bits per heavy atom. The molecular weight excluding hydrogens is 243 g/mol. The molecule has 4 heteroatoms. The molecule has 0 aromatic heterocycles. The SMILES string of the molecule is CC1CCC(C(O)Cc2cccc(F)c2Cl)O1. The van der Waals surface area contributed by atoms with Crippen LogP contribution >= 0.6 is 11.6 Å².